The van der Waals surface area contributed by atoms with Crippen molar-refractivity contribution >= 4 is 12.0 Å². The molecule has 6 heteroatoms. The standard InChI is InChI=1S/C9H16N2O4/c1-2-15-8-7(3-6-12)11(9(13)14)5-4-10-8/h7,12H,2-6H2,1H3,(H,13,14). The topological polar surface area (TPSA) is 82.4 Å². The van der Waals surface area contributed by atoms with Crippen LogP contribution in [-0.4, -0.2) is 59.4 Å². The summed E-state index contributed by atoms with van der Waals surface area (Å²) in [4.78, 5) is 16.3. The van der Waals surface area contributed by atoms with Gasteiger partial charge in [0, 0.05) is 13.2 Å². The molecule has 1 aliphatic heterocycles. The number of hydrogen-bond donors (Lipinski definition) is 2. The van der Waals surface area contributed by atoms with Crippen LogP contribution in [0.25, 0.3) is 0 Å². The van der Waals surface area contributed by atoms with Gasteiger partial charge in [0.15, 0.2) is 0 Å². The first-order valence-corrected chi connectivity index (χ1v) is 4.98. The first-order chi connectivity index (χ1) is 7.20. The summed E-state index contributed by atoms with van der Waals surface area (Å²) >= 11 is 0. The summed E-state index contributed by atoms with van der Waals surface area (Å²) in [6.45, 7) is 2.97. The Bertz CT molecular complexity index is 254. The van der Waals surface area contributed by atoms with Crippen molar-refractivity contribution in [2.45, 2.75) is 19.4 Å². The smallest absolute Gasteiger partial charge is 0.408 e. The van der Waals surface area contributed by atoms with Crippen molar-refractivity contribution in [3.05, 3.63) is 0 Å². The number of nitrogens with zero attached hydrogens (tertiary/aromatic N) is 2. The first-order valence-electron chi connectivity index (χ1n) is 4.98. The fourth-order valence-corrected chi connectivity index (χ4v) is 1.58. The van der Waals surface area contributed by atoms with E-state index in [4.69, 9.17) is 14.9 Å². The van der Waals surface area contributed by atoms with Crippen molar-refractivity contribution in [2.24, 2.45) is 4.99 Å². The van der Waals surface area contributed by atoms with E-state index in [9.17, 15) is 4.79 Å². The average Bonchev–Trinajstić information content (AvgIpc) is 2.21. The van der Waals surface area contributed by atoms with Crippen LogP contribution in [0.5, 0.6) is 0 Å². The van der Waals surface area contributed by atoms with Gasteiger partial charge in [0.25, 0.3) is 0 Å². The normalized spacial score (nSPS) is 21.1. The summed E-state index contributed by atoms with van der Waals surface area (Å²) < 4.78 is 5.26. The summed E-state index contributed by atoms with van der Waals surface area (Å²) in [6, 6.07) is -0.443. The van der Waals surface area contributed by atoms with Gasteiger partial charge in [-0.1, -0.05) is 0 Å². The van der Waals surface area contributed by atoms with Crippen LogP contribution in [-0.2, 0) is 4.74 Å². The molecule has 0 fully saturated rings. The van der Waals surface area contributed by atoms with Crippen molar-refractivity contribution in [1.29, 1.82) is 0 Å². The van der Waals surface area contributed by atoms with Crippen LogP contribution in [0.1, 0.15) is 13.3 Å². The lowest BCUT2D eigenvalue weighted by Crippen LogP contribution is -2.49. The molecule has 0 aromatic carbocycles. The highest BCUT2D eigenvalue weighted by atomic mass is 16.5. The number of aliphatic hydroxyl groups is 1. The Balaban J connectivity index is 2.76. The molecule has 0 bridgehead atoms. The monoisotopic (exact) mass is 216 g/mol. The summed E-state index contributed by atoms with van der Waals surface area (Å²) in [5.74, 6) is 0.417. The molecule has 1 aliphatic rings. The zero-order chi connectivity index (χ0) is 11.3. The molecule has 86 valence electrons. The SMILES string of the molecule is CCOC1=NCCN(C(=O)O)C1CCO. The Labute approximate surface area is 88.2 Å². The van der Waals surface area contributed by atoms with E-state index >= 15 is 0 Å². The van der Waals surface area contributed by atoms with Gasteiger partial charge in [0.05, 0.1) is 13.2 Å². The predicted octanol–water partition coefficient (Wildman–Crippen LogP) is 0.166. The van der Waals surface area contributed by atoms with Crippen molar-refractivity contribution in [3.8, 4) is 0 Å². The number of rotatable bonds is 3. The second-order valence-electron chi connectivity index (χ2n) is 3.16. The van der Waals surface area contributed by atoms with Crippen LogP contribution < -0.4 is 0 Å². The van der Waals surface area contributed by atoms with Crippen molar-refractivity contribution < 1.29 is 19.7 Å². The molecule has 2 N–H and O–H groups in total. The highest BCUT2D eigenvalue weighted by molar-refractivity contribution is 5.86. The van der Waals surface area contributed by atoms with Crippen LogP contribution >= 0.6 is 0 Å². The predicted molar refractivity (Wildman–Crippen MR) is 54.1 cm³/mol. The number of aliphatic imine (C=N–C) groups is 1. The molecule has 1 rings (SSSR count). The third kappa shape index (κ3) is 2.82. The molecule has 0 radical (unpaired) electrons. The fraction of sp³-hybridized carbons (Fsp3) is 0.778. The molecule has 0 saturated heterocycles. The van der Waals surface area contributed by atoms with Crippen LogP contribution in [0.15, 0.2) is 4.99 Å². The van der Waals surface area contributed by atoms with Crippen molar-refractivity contribution in [1.82, 2.24) is 4.90 Å². The van der Waals surface area contributed by atoms with Gasteiger partial charge in [-0.3, -0.25) is 9.89 Å². The minimum absolute atomic E-state index is 0.0828. The highest BCUT2D eigenvalue weighted by Crippen LogP contribution is 2.12. The number of ether oxygens (including phenoxy) is 1. The maximum atomic E-state index is 10.9. The number of aliphatic hydroxyl groups excluding tert-OH is 1. The summed E-state index contributed by atoms with van der Waals surface area (Å²) in [5.41, 5.74) is 0. The van der Waals surface area contributed by atoms with Gasteiger partial charge in [0.2, 0.25) is 5.90 Å². The first kappa shape index (κ1) is 11.8. The van der Waals surface area contributed by atoms with Gasteiger partial charge in [-0.15, -0.1) is 0 Å². The minimum Gasteiger partial charge on any atom is -0.480 e. The molecule has 1 unspecified atom stereocenters. The molecule has 0 aromatic rings. The molecule has 0 saturated carbocycles. The van der Waals surface area contributed by atoms with E-state index in [2.05, 4.69) is 4.99 Å². The molecule has 6 nitrogen and oxygen atoms in total. The van der Waals surface area contributed by atoms with Gasteiger partial charge in [0.1, 0.15) is 6.04 Å². The zero-order valence-corrected chi connectivity index (χ0v) is 8.72. The Hall–Kier alpha value is -1.30. The summed E-state index contributed by atoms with van der Waals surface area (Å²) in [6.07, 6.45) is -0.675. The number of carboxylic acid groups (broad SMARTS) is 1. The third-order valence-corrected chi connectivity index (χ3v) is 2.21. The molecule has 0 spiro atoms. The van der Waals surface area contributed by atoms with Crippen LogP contribution in [0, 0.1) is 0 Å². The number of hydrogen-bond acceptors (Lipinski definition) is 4. The van der Waals surface area contributed by atoms with Gasteiger partial charge in [-0.05, 0) is 13.3 Å². The lowest BCUT2D eigenvalue weighted by molar-refractivity contribution is 0.118. The van der Waals surface area contributed by atoms with E-state index < -0.39 is 12.1 Å². The maximum Gasteiger partial charge on any atom is 0.408 e. The lowest BCUT2D eigenvalue weighted by Gasteiger charge is -2.32. The fourth-order valence-electron chi connectivity index (χ4n) is 1.58. The zero-order valence-electron chi connectivity index (χ0n) is 8.72. The quantitative estimate of drug-likeness (QED) is 0.704. The Kier molecular flexibility index (Phi) is 4.36. The molecule has 15 heavy (non-hydrogen) atoms. The maximum absolute atomic E-state index is 10.9. The molecule has 1 amide bonds. The van der Waals surface area contributed by atoms with Crippen LogP contribution in [0.4, 0.5) is 4.79 Å². The summed E-state index contributed by atoms with van der Waals surface area (Å²) in [5, 5.41) is 17.8. The van der Waals surface area contributed by atoms with E-state index in [1.165, 1.54) is 4.90 Å². The molecule has 1 heterocycles. The van der Waals surface area contributed by atoms with E-state index in [1.54, 1.807) is 0 Å². The van der Waals surface area contributed by atoms with Gasteiger partial charge >= 0.3 is 6.09 Å². The second-order valence-corrected chi connectivity index (χ2v) is 3.16. The van der Waals surface area contributed by atoms with E-state index in [0.29, 0.717) is 32.0 Å². The van der Waals surface area contributed by atoms with Crippen molar-refractivity contribution in [3.63, 3.8) is 0 Å². The molecular weight excluding hydrogens is 200 g/mol. The van der Waals surface area contributed by atoms with E-state index in [-0.39, 0.29) is 6.61 Å². The van der Waals surface area contributed by atoms with Crippen LogP contribution in [0.3, 0.4) is 0 Å². The van der Waals surface area contributed by atoms with Crippen molar-refractivity contribution in [2.75, 3.05) is 26.3 Å². The van der Waals surface area contributed by atoms with Gasteiger partial charge < -0.3 is 14.9 Å². The molecular formula is C9H16N2O4. The van der Waals surface area contributed by atoms with Gasteiger partial charge in [-0.2, -0.15) is 0 Å². The van der Waals surface area contributed by atoms with E-state index in [1.807, 2.05) is 6.92 Å². The van der Waals surface area contributed by atoms with Gasteiger partial charge in [-0.25, -0.2) is 4.79 Å². The summed E-state index contributed by atoms with van der Waals surface area (Å²) in [7, 11) is 0. The number of carbonyl (C=O) groups is 1. The largest absolute Gasteiger partial charge is 0.480 e. The molecule has 0 aliphatic carbocycles. The van der Waals surface area contributed by atoms with Crippen LogP contribution in [0.2, 0.25) is 0 Å². The third-order valence-electron chi connectivity index (χ3n) is 2.21. The van der Waals surface area contributed by atoms with E-state index in [0.717, 1.165) is 0 Å². The molecule has 1 atom stereocenters. The minimum atomic E-state index is -0.999. The lowest BCUT2D eigenvalue weighted by atomic mass is 10.1. The average molecular weight is 216 g/mol. The highest BCUT2D eigenvalue weighted by Gasteiger charge is 2.31. The Morgan fingerprint density at radius 2 is 2.47 bits per heavy atom. The molecule has 0 aromatic heterocycles. The number of amides is 1. The Morgan fingerprint density at radius 3 is 3.00 bits per heavy atom. The second kappa shape index (κ2) is 5.55. The Morgan fingerprint density at radius 1 is 1.73 bits per heavy atom.